The molecule has 20 heavy (non-hydrogen) atoms. The number of nitrogens with zero attached hydrogens (tertiary/aromatic N) is 2. The number of carboxylic acid groups (broad SMARTS) is 1. The summed E-state index contributed by atoms with van der Waals surface area (Å²) in [5.74, 6) is -0.927. The van der Waals surface area contributed by atoms with Gasteiger partial charge in [-0.25, -0.2) is 14.2 Å². The summed E-state index contributed by atoms with van der Waals surface area (Å²) in [7, 11) is 3.46. The van der Waals surface area contributed by atoms with Crippen LogP contribution < -0.4 is 4.90 Å². The highest BCUT2D eigenvalue weighted by atomic mass is 19.1. The molecule has 1 aromatic carbocycles. The van der Waals surface area contributed by atoms with Crippen LogP contribution in [0.2, 0.25) is 0 Å². The molecule has 0 atom stereocenters. The predicted octanol–water partition coefficient (Wildman–Crippen LogP) is 2.96. The highest BCUT2D eigenvalue weighted by Crippen LogP contribution is 2.24. The van der Waals surface area contributed by atoms with Crippen LogP contribution in [0.4, 0.5) is 10.2 Å². The first-order valence-corrected chi connectivity index (χ1v) is 6.08. The third-order valence-corrected chi connectivity index (χ3v) is 2.98. The van der Waals surface area contributed by atoms with Gasteiger partial charge in [0.05, 0.1) is 5.69 Å². The first-order valence-electron chi connectivity index (χ1n) is 6.08. The Balaban J connectivity index is 2.55. The van der Waals surface area contributed by atoms with Crippen LogP contribution in [-0.2, 0) is 0 Å². The summed E-state index contributed by atoms with van der Waals surface area (Å²) < 4.78 is 13.3. The molecule has 1 heterocycles. The molecule has 0 fully saturated rings. The maximum atomic E-state index is 13.3. The molecule has 0 aliphatic heterocycles. The molecule has 0 radical (unpaired) electrons. The van der Waals surface area contributed by atoms with Gasteiger partial charge in [0.25, 0.3) is 0 Å². The minimum absolute atomic E-state index is 0.137. The number of benzene rings is 1. The third kappa shape index (κ3) is 2.61. The number of pyridine rings is 1. The van der Waals surface area contributed by atoms with Gasteiger partial charge in [0.1, 0.15) is 17.2 Å². The Kier molecular flexibility index (Phi) is 3.70. The van der Waals surface area contributed by atoms with Crippen molar-refractivity contribution < 1.29 is 14.3 Å². The fraction of sp³-hybridized carbons (Fsp3) is 0.200. The second-order valence-electron chi connectivity index (χ2n) is 4.73. The maximum Gasteiger partial charge on any atom is 0.339 e. The van der Waals surface area contributed by atoms with Gasteiger partial charge in [-0.1, -0.05) is 0 Å². The van der Waals surface area contributed by atoms with Gasteiger partial charge < -0.3 is 10.0 Å². The molecule has 2 rings (SSSR count). The molecule has 0 amide bonds. The average Bonchev–Trinajstić information content (AvgIpc) is 2.41. The van der Waals surface area contributed by atoms with Crippen LogP contribution in [0.25, 0.3) is 11.3 Å². The number of carbonyl (C=O) groups is 1. The molecule has 0 spiro atoms. The Morgan fingerprint density at radius 3 is 2.50 bits per heavy atom. The number of rotatable bonds is 3. The zero-order valence-corrected chi connectivity index (χ0v) is 11.5. The third-order valence-electron chi connectivity index (χ3n) is 2.98. The first kappa shape index (κ1) is 14.0. The molecule has 0 aliphatic rings. The monoisotopic (exact) mass is 274 g/mol. The minimum Gasteiger partial charge on any atom is -0.478 e. The summed E-state index contributed by atoms with van der Waals surface area (Å²) in [5, 5.41) is 9.14. The smallest absolute Gasteiger partial charge is 0.339 e. The van der Waals surface area contributed by atoms with Crippen LogP contribution in [0.1, 0.15) is 15.9 Å². The summed E-state index contributed by atoms with van der Waals surface area (Å²) in [4.78, 5) is 17.2. The molecule has 0 bridgehead atoms. The van der Waals surface area contributed by atoms with Crippen LogP contribution in [0, 0.1) is 12.7 Å². The summed E-state index contributed by atoms with van der Waals surface area (Å²) in [6.07, 6.45) is 0. The van der Waals surface area contributed by atoms with Crippen molar-refractivity contribution in [2.75, 3.05) is 19.0 Å². The normalized spacial score (nSPS) is 10.4. The Labute approximate surface area is 116 Å². The second-order valence-corrected chi connectivity index (χ2v) is 4.73. The van der Waals surface area contributed by atoms with Crippen LogP contribution in [0.15, 0.2) is 30.3 Å². The van der Waals surface area contributed by atoms with Crippen LogP contribution in [-0.4, -0.2) is 30.2 Å². The van der Waals surface area contributed by atoms with Crippen molar-refractivity contribution in [1.29, 1.82) is 0 Å². The number of aromatic carboxylic acids is 1. The maximum absolute atomic E-state index is 13.3. The molecular weight excluding hydrogens is 259 g/mol. The summed E-state index contributed by atoms with van der Waals surface area (Å²) in [6.45, 7) is 1.68. The molecule has 0 saturated carbocycles. The van der Waals surface area contributed by atoms with E-state index in [1.807, 2.05) is 0 Å². The van der Waals surface area contributed by atoms with Gasteiger partial charge in [-0.3, -0.25) is 0 Å². The lowest BCUT2D eigenvalue weighted by atomic mass is 10.1. The second kappa shape index (κ2) is 5.28. The lowest BCUT2D eigenvalue weighted by molar-refractivity contribution is 0.0697. The van der Waals surface area contributed by atoms with Gasteiger partial charge in [0, 0.05) is 19.7 Å². The molecule has 0 saturated heterocycles. The van der Waals surface area contributed by atoms with E-state index in [0.29, 0.717) is 17.1 Å². The number of carboxylic acids is 1. The van der Waals surface area contributed by atoms with Gasteiger partial charge in [-0.15, -0.1) is 0 Å². The number of halogens is 1. The van der Waals surface area contributed by atoms with Gasteiger partial charge in [-0.05, 0) is 42.8 Å². The Morgan fingerprint density at radius 1 is 1.25 bits per heavy atom. The highest BCUT2D eigenvalue weighted by molar-refractivity contribution is 5.93. The lowest BCUT2D eigenvalue weighted by Gasteiger charge is -2.15. The van der Waals surface area contributed by atoms with Gasteiger partial charge >= 0.3 is 5.97 Å². The average molecular weight is 274 g/mol. The van der Waals surface area contributed by atoms with Crippen molar-refractivity contribution in [2.45, 2.75) is 6.92 Å². The van der Waals surface area contributed by atoms with Crippen LogP contribution >= 0.6 is 0 Å². The van der Waals surface area contributed by atoms with Gasteiger partial charge in [-0.2, -0.15) is 0 Å². The topological polar surface area (TPSA) is 53.4 Å². The zero-order valence-electron chi connectivity index (χ0n) is 11.5. The number of hydrogen-bond donors (Lipinski definition) is 1. The van der Waals surface area contributed by atoms with E-state index in [-0.39, 0.29) is 11.4 Å². The van der Waals surface area contributed by atoms with E-state index in [0.717, 1.165) is 5.56 Å². The molecule has 2 aromatic rings. The number of hydrogen-bond acceptors (Lipinski definition) is 3. The van der Waals surface area contributed by atoms with Crippen LogP contribution in [0.5, 0.6) is 0 Å². The van der Waals surface area contributed by atoms with Gasteiger partial charge in [0.2, 0.25) is 0 Å². The highest BCUT2D eigenvalue weighted by Gasteiger charge is 2.15. The van der Waals surface area contributed by atoms with Gasteiger partial charge in [0.15, 0.2) is 0 Å². The Bertz CT molecular complexity index is 669. The van der Waals surface area contributed by atoms with E-state index in [1.165, 1.54) is 12.1 Å². The molecule has 0 unspecified atom stereocenters. The van der Waals surface area contributed by atoms with E-state index in [9.17, 15) is 9.18 Å². The molecule has 1 aromatic heterocycles. The van der Waals surface area contributed by atoms with Crippen molar-refractivity contribution in [3.63, 3.8) is 0 Å². The molecule has 104 valence electrons. The lowest BCUT2D eigenvalue weighted by Crippen LogP contribution is -2.16. The fourth-order valence-corrected chi connectivity index (χ4v) is 1.92. The predicted molar refractivity (Wildman–Crippen MR) is 75.7 cm³/mol. The summed E-state index contributed by atoms with van der Waals surface area (Å²) in [6, 6.07) is 7.84. The van der Waals surface area contributed by atoms with Crippen molar-refractivity contribution >= 4 is 11.8 Å². The summed E-state index contributed by atoms with van der Waals surface area (Å²) in [5.41, 5.74) is 2.03. The largest absolute Gasteiger partial charge is 0.478 e. The van der Waals surface area contributed by atoms with E-state index >= 15 is 0 Å². The quantitative estimate of drug-likeness (QED) is 0.935. The standard InChI is InChI=1S/C15H15FN2O2/c1-9-8-10(4-6-12(9)16)13-7-5-11(15(19)20)14(17-13)18(2)3/h4-8H,1-3H3,(H,19,20). The minimum atomic E-state index is -1.02. The van der Waals surface area contributed by atoms with Crippen LogP contribution in [0.3, 0.4) is 0 Å². The molecule has 4 nitrogen and oxygen atoms in total. The van der Waals surface area contributed by atoms with E-state index in [1.54, 1.807) is 44.1 Å². The van der Waals surface area contributed by atoms with E-state index in [4.69, 9.17) is 5.11 Å². The SMILES string of the molecule is Cc1cc(-c2ccc(C(=O)O)c(N(C)C)n2)ccc1F. The van der Waals surface area contributed by atoms with Crippen molar-refractivity contribution in [1.82, 2.24) is 4.98 Å². The first-order chi connectivity index (χ1) is 9.40. The Morgan fingerprint density at radius 2 is 1.95 bits per heavy atom. The van der Waals surface area contributed by atoms with Crippen molar-refractivity contribution in [3.05, 3.63) is 47.3 Å². The molecule has 1 N–H and O–H groups in total. The number of aromatic nitrogens is 1. The van der Waals surface area contributed by atoms with E-state index < -0.39 is 5.97 Å². The number of anilines is 1. The number of aryl methyl sites for hydroxylation is 1. The molecule has 5 heteroatoms. The van der Waals surface area contributed by atoms with E-state index in [2.05, 4.69) is 4.98 Å². The zero-order chi connectivity index (χ0) is 14.9. The summed E-state index contributed by atoms with van der Waals surface area (Å²) >= 11 is 0. The molecule has 0 aliphatic carbocycles. The fourth-order valence-electron chi connectivity index (χ4n) is 1.92. The molecular formula is C15H15FN2O2. The van der Waals surface area contributed by atoms with Crippen molar-refractivity contribution in [2.24, 2.45) is 0 Å². The van der Waals surface area contributed by atoms with Crippen molar-refractivity contribution in [3.8, 4) is 11.3 Å². The Hall–Kier alpha value is -2.43.